The van der Waals surface area contributed by atoms with Gasteiger partial charge in [-0.2, -0.15) is 9.36 Å². The van der Waals surface area contributed by atoms with Crippen molar-refractivity contribution in [2.75, 3.05) is 13.6 Å². The molecule has 2 aromatic carbocycles. The van der Waals surface area contributed by atoms with E-state index in [0.717, 1.165) is 34.7 Å². The molecule has 0 bridgehead atoms. The summed E-state index contributed by atoms with van der Waals surface area (Å²) in [7, 11) is 1.99. The van der Waals surface area contributed by atoms with E-state index in [2.05, 4.69) is 21.3 Å². The Morgan fingerprint density at radius 1 is 1.17 bits per heavy atom. The molecule has 0 N–H and O–H groups in total. The van der Waals surface area contributed by atoms with Crippen molar-refractivity contribution in [3.8, 4) is 10.9 Å². The van der Waals surface area contributed by atoms with E-state index < -0.39 is 0 Å². The lowest BCUT2D eigenvalue weighted by Crippen LogP contribution is -2.14. The van der Waals surface area contributed by atoms with Crippen molar-refractivity contribution < 1.29 is 4.74 Å². The number of aliphatic imine (C=N–C) groups is 1. The van der Waals surface area contributed by atoms with Crippen LogP contribution >= 0.6 is 34.7 Å². The molecular weight excluding hydrogens is 427 g/mol. The van der Waals surface area contributed by atoms with E-state index in [4.69, 9.17) is 27.9 Å². The predicted octanol–water partition coefficient (Wildman–Crippen LogP) is 6.46. The molecule has 0 radical (unpaired) electrons. The number of benzene rings is 2. The van der Waals surface area contributed by atoms with Crippen LogP contribution in [0.2, 0.25) is 10.0 Å². The molecular formula is C21H22Cl2N4OS. The fourth-order valence-electron chi connectivity index (χ4n) is 2.57. The number of halogens is 2. The van der Waals surface area contributed by atoms with Gasteiger partial charge in [-0.25, -0.2) is 4.99 Å². The maximum Gasteiger partial charge on any atom is 0.298 e. The van der Waals surface area contributed by atoms with Crippen LogP contribution in [-0.2, 0) is 6.42 Å². The van der Waals surface area contributed by atoms with Crippen LogP contribution in [0, 0.1) is 13.8 Å². The third kappa shape index (κ3) is 5.47. The normalized spacial score (nSPS) is 11.2. The van der Waals surface area contributed by atoms with Gasteiger partial charge in [-0.1, -0.05) is 29.3 Å². The van der Waals surface area contributed by atoms with Gasteiger partial charge in [-0.3, -0.25) is 0 Å². The van der Waals surface area contributed by atoms with E-state index in [1.54, 1.807) is 12.1 Å². The van der Waals surface area contributed by atoms with Crippen molar-refractivity contribution in [2.24, 2.45) is 4.99 Å². The van der Waals surface area contributed by atoms with Crippen LogP contribution in [0.15, 0.2) is 35.3 Å². The molecule has 1 heterocycles. The van der Waals surface area contributed by atoms with Gasteiger partial charge in [0.05, 0.1) is 12.0 Å². The molecule has 3 rings (SSSR count). The van der Waals surface area contributed by atoms with Crippen LogP contribution in [-0.4, -0.2) is 34.2 Å². The van der Waals surface area contributed by atoms with Gasteiger partial charge in [0.1, 0.15) is 5.75 Å². The highest BCUT2D eigenvalue weighted by atomic mass is 35.5. The standard InChI is InChI=1S/C21H22Cl2N4OS/c1-5-27(4)12-24-18-9-14(3)19(10-13(18)2)28-21-25-20(26-29-21)11-15-16(22)7-6-8-17(15)23/h6-10,12H,5,11H2,1-4H3. The average Bonchev–Trinajstić information content (AvgIpc) is 3.13. The maximum absolute atomic E-state index is 6.24. The first kappa shape index (κ1) is 21.6. The molecule has 8 heteroatoms. The summed E-state index contributed by atoms with van der Waals surface area (Å²) in [5, 5.41) is 1.69. The molecule has 0 atom stereocenters. The Kier molecular flexibility index (Phi) is 7.11. The molecule has 0 amide bonds. The minimum Gasteiger partial charge on any atom is -0.430 e. The topological polar surface area (TPSA) is 50.6 Å². The second-order valence-electron chi connectivity index (χ2n) is 6.68. The summed E-state index contributed by atoms with van der Waals surface area (Å²) in [5.41, 5.74) is 3.74. The number of hydrogen-bond acceptors (Lipinski definition) is 5. The zero-order valence-electron chi connectivity index (χ0n) is 16.7. The molecule has 5 nitrogen and oxygen atoms in total. The van der Waals surface area contributed by atoms with Gasteiger partial charge in [0.2, 0.25) is 0 Å². The Morgan fingerprint density at radius 3 is 2.59 bits per heavy atom. The number of nitrogens with zero attached hydrogens (tertiary/aromatic N) is 4. The van der Waals surface area contributed by atoms with E-state index in [1.807, 2.05) is 50.3 Å². The van der Waals surface area contributed by atoms with Crippen molar-refractivity contribution in [2.45, 2.75) is 27.2 Å². The average molecular weight is 449 g/mol. The van der Waals surface area contributed by atoms with Gasteiger partial charge >= 0.3 is 0 Å². The van der Waals surface area contributed by atoms with Gasteiger partial charge in [-0.05, 0) is 61.7 Å². The summed E-state index contributed by atoms with van der Waals surface area (Å²) in [5.74, 6) is 1.36. The monoisotopic (exact) mass is 448 g/mol. The Morgan fingerprint density at radius 2 is 1.90 bits per heavy atom. The Balaban J connectivity index is 1.76. The molecule has 0 spiro atoms. The molecule has 0 aliphatic carbocycles. The minimum absolute atomic E-state index is 0.453. The van der Waals surface area contributed by atoms with E-state index in [-0.39, 0.29) is 0 Å². The largest absolute Gasteiger partial charge is 0.430 e. The van der Waals surface area contributed by atoms with Gasteiger partial charge in [0, 0.05) is 41.6 Å². The summed E-state index contributed by atoms with van der Waals surface area (Å²) in [6, 6.07) is 9.41. The third-order valence-corrected chi connectivity index (χ3v) is 5.77. The number of rotatable bonds is 7. The lowest BCUT2D eigenvalue weighted by atomic mass is 10.1. The highest BCUT2D eigenvalue weighted by molar-refractivity contribution is 7.07. The van der Waals surface area contributed by atoms with Crippen LogP contribution in [0.25, 0.3) is 0 Å². The molecule has 0 aliphatic heterocycles. The SMILES string of the molecule is CCN(C)C=Nc1cc(C)c(Oc2nc(Cc3c(Cl)cccc3Cl)ns2)cc1C. The predicted molar refractivity (Wildman–Crippen MR) is 122 cm³/mol. The zero-order chi connectivity index (χ0) is 21.0. The quantitative estimate of drug-likeness (QED) is 0.307. The van der Waals surface area contributed by atoms with Crippen molar-refractivity contribution in [3.63, 3.8) is 0 Å². The molecule has 0 aliphatic rings. The molecule has 29 heavy (non-hydrogen) atoms. The summed E-state index contributed by atoms with van der Waals surface area (Å²) in [6.45, 7) is 6.98. The molecule has 1 aromatic heterocycles. The molecule has 0 saturated carbocycles. The van der Waals surface area contributed by atoms with Gasteiger partial charge in [0.15, 0.2) is 5.82 Å². The van der Waals surface area contributed by atoms with Crippen LogP contribution < -0.4 is 4.74 Å². The van der Waals surface area contributed by atoms with Crippen molar-refractivity contribution in [1.82, 2.24) is 14.3 Å². The lowest BCUT2D eigenvalue weighted by Gasteiger charge is -2.11. The lowest BCUT2D eigenvalue weighted by molar-refractivity contribution is 0.473. The Bertz CT molecular complexity index is 1020. The second kappa shape index (κ2) is 9.57. The summed E-state index contributed by atoms with van der Waals surface area (Å²) in [6.07, 6.45) is 2.29. The van der Waals surface area contributed by atoms with E-state index >= 15 is 0 Å². The molecule has 3 aromatic rings. The minimum atomic E-state index is 0.453. The Labute approximate surface area is 185 Å². The molecule has 0 fully saturated rings. The van der Waals surface area contributed by atoms with Crippen LogP contribution in [0.5, 0.6) is 10.9 Å². The molecule has 0 saturated heterocycles. The molecule has 0 unspecified atom stereocenters. The number of aryl methyl sites for hydroxylation is 2. The fraction of sp³-hybridized carbons (Fsp3) is 0.286. The van der Waals surface area contributed by atoms with Crippen LogP contribution in [0.4, 0.5) is 5.69 Å². The molecule has 152 valence electrons. The Hall–Kier alpha value is -2.15. The van der Waals surface area contributed by atoms with E-state index in [1.165, 1.54) is 11.5 Å². The number of ether oxygens (including phenoxy) is 1. The highest BCUT2D eigenvalue weighted by Crippen LogP contribution is 2.33. The van der Waals surface area contributed by atoms with E-state index in [9.17, 15) is 0 Å². The first-order valence-electron chi connectivity index (χ1n) is 9.16. The first-order valence-corrected chi connectivity index (χ1v) is 10.7. The third-order valence-electron chi connectivity index (χ3n) is 4.43. The van der Waals surface area contributed by atoms with Crippen LogP contribution in [0.3, 0.4) is 0 Å². The summed E-state index contributed by atoms with van der Waals surface area (Å²) in [4.78, 5) is 11.0. The summed E-state index contributed by atoms with van der Waals surface area (Å²) >= 11 is 13.7. The zero-order valence-corrected chi connectivity index (χ0v) is 19.1. The number of aromatic nitrogens is 2. The fourth-order valence-corrected chi connectivity index (χ4v) is 3.66. The highest BCUT2D eigenvalue weighted by Gasteiger charge is 2.13. The van der Waals surface area contributed by atoms with Crippen LogP contribution in [0.1, 0.15) is 29.4 Å². The van der Waals surface area contributed by atoms with E-state index in [0.29, 0.717) is 27.5 Å². The summed E-state index contributed by atoms with van der Waals surface area (Å²) < 4.78 is 10.4. The maximum atomic E-state index is 6.24. The second-order valence-corrected chi connectivity index (χ2v) is 8.21. The van der Waals surface area contributed by atoms with Gasteiger partial charge in [-0.15, -0.1) is 0 Å². The van der Waals surface area contributed by atoms with Gasteiger partial charge < -0.3 is 9.64 Å². The first-order chi connectivity index (χ1) is 13.9. The van der Waals surface area contributed by atoms with Crippen molar-refractivity contribution in [3.05, 3.63) is 62.9 Å². The smallest absolute Gasteiger partial charge is 0.298 e. The number of hydrogen-bond donors (Lipinski definition) is 0. The van der Waals surface area contributed by atoms with Gasteiger partial charge in [0.25, 0.3) is 5.19 Å². The van der Waals surface area contributed by atoms with Crippen molar-refractivity contribution in [1.29, 1.82) is 0 Å². The van der Waals surface area contributed by atoms with Crippen molar-refractivity contribution >= 4 is 46.8 Å².